The van der Waals surface area contributed by atoms with Crippen LogP contribution in [0.1, 0.15) is 10.4 Å². The van der Waals surface area contributed by atoms with Gasteiger partial charge < -0.3 is 19.9 Å². The van der Waals surface area contributed by atoms with Crippen LogP contribution in [-0.2, 0) is 0 Å². The molecule has 132 valence electrons. The molecule has 9 heteroatoms. The van der Waals surface area contributed by atoms with Crippen LogP contribution in [-0.4, -0.2) is 25.2 Å². The Labute approximate surface area is 151 Å². The first kappa shape index (κ1) is 17.6. The number of carbonyl (C=O) groups excluding carboxylic acids is 1. The summed E-state index contributed by atoms with van der Waals surface area (Å²) in [5.74, 6) is -2.98. The van der Waals surface area contributed by atoms with E-state index in [0.29, 0.717) is 21.5 Å². The summed E-state index contributed by atoms with van der Waals surface area (Å²) in [6.45, 7) is 0.0108. The van der Waals surface area contributed by atoms with Gasteiger partial charge in [-0.05, 0) is 12.1 Å². The fourth-order valence-electron chi connectivity index (χ4n) is 2.25. The highest BCUT2D eigenvalue weighted by Gasteiger charge is 2.25. The van der Waals surface area contributed by atoms with Crippen LogP contribution < -0.4 is 19.9 Å². The number of fused-ring (bicyclic) bond motifs is 1. The lowest BCUT2D eigenvalue weighted by atomic mass is 10.1. The van der Waals surface area contributed by atoms with E-state index in [1.807, 2.05) is 0 Å². The molecule has 3 rings (SSSR count). The molecule has 2 N–H and O–H groups in total. The van der Waals surface area contributed by atoms with Crippen molar-refractivity contribution < 1.29 is 27.8 Å². The Morgan fingerprint density at radius 2 is 1.92 bits per heavy atom. The van der Waals surface area contributed by atoms with E-state index in [9.17, 15) is 13.6 Å². The van der Waals surface area contributed by atoms with Gasteiger partial charge in [0.1, 0.15) is 24.6 Å². The molecule has 2 aromatic rings. The maximum atomic E-state index is 14.1. The molecule has 1 aliphatic heterocycles. The van der Waals surface area contributed by atoms with Crippen molar-refractivity contribution in [3.63, 3.8) is 0 Å². The second-order valence-electron chi connectivity index (χ2n) is 5.17. The lowest BCUT2D eigenvalue weighted by molar-refractivity contribution is 0.0523. The number of benzene rings is 2. The average Bonchev–Trinajstić information content (AvgIpc) is 2.55. The molecule has 25 heavy (non-hydrogen) atoms. The van der Waals surface area contributed by atoms with Gasteiger partial charge in [0.15, 0.2) is 29.2 Å². The zero-order valence-electron chi connectivity index (χ0n) is 12.5. The van der Waals surface area contributed by atoms with E-state index in [4.69, 9.17) is 43.1 Å². The number of primary amides is 1. The number of halogens is 4. The van der Waals surface area contributed by atoms with Crippen LogP contribution in [0.4, 0.5) is 8.78 Å². The number of hydrogen-bond donors (Lipinski definition) is 1. The van der Waals surface area contributed by atoms with Crippen LogP contribution >= 0.6 is 23.2 Å². The number of ether oxygens (including phenoxy) is 3. The molecule has 1 atom stereocenters. The fraction of sp³-hybridized carbons (Fsp3) is 0.188. The molecule has 1 heterocycles. The van der Waals surface area contributed by atoms with Crippen LogP contribution in [0, 0.1) is 11.6 Å². The van der Waals surface area contributed by atoms with Gasteiger partial charge in [0, 0.05) is 12.1 Å². The van der Waals surface area contributed by atoms with E-state index in [2.05, 4.69) is 0 Å². The average molecular weight is 390 g/mol. The van der Waals surface area contributed by atoms with E-state index in [-0.39, 0.29) is 19.0 Å². The maximum absolute atomic E-state index is 14.1. The topological polar surface area (TPSA) is 70.8 Å². The summed E-state index contributed by atoms with van der Waals surface area (Å²) in [7, 11) is 0. The third-order valence-corrected chi connectivity index (χ3v) is 4.15. The first-order valence-electron chi connectivity index (χ1n) is 7.06. The van der Waals surface area contributed by atoms with E-state index >= 15 is 0 Å². The zero-order chi connectivity index (χ0) is 18.1. The molecular weight excluding hydrogens is 379 g/mol. The van der Waals surface area contributed by atoms with Gasteiger partial charge >= 0.3 is 0 Å². The third kappa shape index (κ3) is 3.57. The minimum absolute atomic E-state index is 0.111. The number of hydrogen-bond acceptors (Lipinski definition) is 4. The van der Waals surface area contributed by atoms with Crippen molar-refractivity contribution in [3.05, 3.63) is 51.5 Å². The first-order valence-corrected chi connectivity index (χ1v) is 7.81. The Balaban J connectivity index is 1.72. The van der Waals surface area contributed by atoms with Gasteiger partial charge in [0.25, 0.3) is 5.91 Å². The third-order valence-electron chi connectivity index (χ3n) is 3.43. The van der Waals surface area contributed by atoms with Gasteiger partial charge in [-0.3, -0.25) is 4.79 Å². The van der Waals surface area contributed by atoms with Crippen molar-refractivity contribution in [3.8, 4) is 17.2 Å². The van der Waals surface area contributed by atoms with Gasteiger partial charge in [-0.25, -0.2) is 8.78 Å². The van der Waals surface area contributed by atoms with Crippen LogP contribution in [0.25, 0.3) is 0 Å². The first-order chi connectivity index (χ1) is 11.9. The largest absolute Gasteiger partial charge is 0.486 e. The highest BCUT2D eigenvalue weighted by atomic mass is 35.5. The van der Waals surface area contributed by atoms with Crippen molar-refractivity contribution in [1.82, 2.24) is 0 Å². The molecule has 0 bridgehead atoms. The van der Waals surface area contributed by atoms with Crippen molar-refractivity contribution in [2.45, 2.75) is 6.10 Å². The zero-order valence-corrected chi connectivity index (χ0v) is 14.0. The van der Waals surface area contributed by atoms with Gasteiger partial charge in [0.2, 0.25) is 0 Å². The van der Waals surface area contributed by atoms with Crippen molar-refractivity contribution in [2.24, 2.45) is 5.73 Å². The molecule has 0 fully saturated rings. The second-order valence-corrected chi connectivity index (χ2v) is 5.99. The molecule has 0 saturated carbocycles. The Bertz CT molecular complexity index is 847. The van der Waals surface area contributed by atoms with Crippen LogP contribution in [0.15, 0.2) is 24.3 Å². The quantitative estimate of drug-likeness (QED) is 0.867. The minimum Gasteiger partial charge on any atom is -0.486 e. The van der Waals surface area contributed by atoms with Crippen LogP contribution in [0.3, 0.4) is 0 Å². The summed E-state index contributed by atoms with van der Waals surface area (Å²) in [4.78, 5) is 11.1. The highest BCUT2D eigenvalue weighted by molar-refractivity contribution is 6.42. The van der Waals surface area contributed by atoms with E-state index in [1.165, 1.54) is 12.1 Å². The van der Waals surface area contributed by atoms with Crippen LogP contribution in [0.2, 0.25) is 10.0 Å². The SMILES string of the molecule is NC(=O)c1c(F)ccc(OCC2COc3cc(Cl)c(Cl)cc3O2)c1F. The van der Waals surface area contributed by atoms with Gasteiger partial charge in [-0.1, -0.05) is 23.2 Å². The molecule has 0 radical (unpaired) electrons. The maximum Gasteiger partial charge on any atom is 0.254 e. The minimum atomic E-state index is -1.22. The molecule has 0 spiro atoms. The molecule has 1 amide bonds. The summed E-state index contributed by atoms with van der Waals surface area (Å²) in [5, 5.41) is 0.618. The predicted octanol–water partition coefficient (Wildman–Crippen LogP) is 3.59. The molecule has 0 aliphatic carbocycles. The Kier molecular flexibility index (Phi) is 4.87. The molecule has 1 unspecified atom stereocenters. The fourth-order valence-corrected chi connectivity index (χ4v) is 2.55. The lowest BCUT2D eigenvalue weighted by Gasteiger charge is -2.27. The molecule has 1 aliphatic rings. The van der Waals surface area contributed by atoms with E-state index in [0.717, 1.165) is 12.1 Å². The Morgan fingerprint density at radius 3 is 2.60 bits per heavy atom. The number of rotatable bonds is 4. The normalized spacial score (nSPS) is 15.8. The molecule has 0 aromatic heterocycles. The van der Waals surface area contributed by atoms with E-state index < -0.39 is 29.2 Å². The van der Waals surface area contributed by atoms with Crippen molar-refractivity contribution in [1.29, 1.82) is 0 Å². The molecule has 0 saturated heterocycles. The molecule has 5 nitrogen and oxygen atoms in total. The predicted molar refractivity (Wildman–Crippen MR) is 86.7 cm³/mol. The summed E-state index contributed by atoms with van der Waals surface area (Å²) in [5.41, 5.74) is 4.10. The second kappa shape index (κ2) is 6.93. The van der Waals surface area contributed by atoms with Gasteiger partial charge in [-0.2, -0.15) is 0 Å². The summed E-state index contributed by atoms with van der Waals surface area (Å²) >= 11 is 11.8. The van der Waals surface area contributed by atoms with E-state index in [1.54, 1.807) is 0 Å². The standard InChI is InChI=1S/C16H11Cl2F2NO4/c17-8-3-12-13(4-9(8)18)25-7(6-24-12)5-23-11-2-1-10(19)14(15(11)20)16(21)22/h1-4,7H,5-6H2,(H2,21,22). The summed E-state index contributed by atoms with van der Waals surface area (Å²) in [6, 6.07) is 4.98. The van der Waals surface area contributed by atoms with Crippen LogP contribution in [0.5, 0.6) is 17.2 Å². The van der Waals surface area contributed by atoms with Gasteiger partial charge in [0.05, 0.1) is 10.0 Å². The molecular formula is C16H11Cl2F2NO4. The highest BCUT2D eigenvalue weighted by Crippen LogP contribution is 2.38. The lowest BCUT2D eigenvalue weighted by Crippen LogP contribution is -2.34. The number of carbonyl (C=O) groups is 1. The van der Waals surface area contributed by atoms with Crippen molar-refractivity contribution >= 4 is 29.1 Å². The Hall–Kier alpha value is -2.25. The summed E-state index contributed by atoms with van der Waals surface area (Å²) < 4.78 is 44.0. The Morgan fingerprint density at radius 1 is 1.24 bits per heavy atom. The van der Waals surface area contributed by atoms with Crippen molar-refractivity contribution in [2.75, 3.05) is 13.2 Å². The molecule has 2 aromatic carbocycles. The van der Waals surface area contributed by atoms with Gasteiger partial charge in [-0.15, -0.1) is 0 Å². The number of nitrogens with two attached hydrogens (primary N) is 1. The smallest absolute Gasteiger partial charge is 0.254 e. The number of amides is 1. The summed E-state index contributed by atoms with van der Waals surface area (Å²) in [6.07, 6.45) is -0.578. The monoisotopic (exact) mass is 389 g/mol.